The highest BCUT2D eigenvalue weighted by atomic mass is 79.9. The lowest BCUT2D eigenvalue weighted by molar-refractivity contribution is -0.112. The van der Waals surface area contributed by atoms with Crippen LogP contribution in [0, 0.1) is 5.82 Å². The minimum absolute atomic E-state index is 0.0762. The van der Waals surface area contributed by atoms with Gasteiger partial charge in [0, 0.05) is 23.3 Å². The highest BCUT2D eigenvalue weighted by Gasteiger charge is 2.06. The van der Waals surface area contributed by atoms with Crippen LogP contribution in [0.4, 0.5) is 10.2 Å². The first-order chi connectivity index (χ1) is 7.99. The molecule has 1 heterocycles. The Hall–Kier alpha value is -1.27. The van der Waals surface area contributed by atoms with E-state index in [1.165, 1.54) is 18.3 Å². The summed E-state index contributed by atoms with van der Waals surface area (Å²) in [6.07, 6.45) is 4.46. The van der Waals surface area contributed by atoms with E-state index in [-0.39, 0.29) is 5.82 Å². The van der Waals surface area contributed by atoms with Gasteiger partial charge in [-0.25, -0.2) is 9.37 Å². The Balaban J connectivity index is 2.59. The molecule has 1 aromatic rings. The first kappa shape index (κ1) is 13.8. The number of anilines is 1. The molecule has 92 valence electrons. The predicted molar refractivity (Wildman–Crippen MR) is 68.2 cm³/mol. The van der Waals surface area contributed by atoms with E-state index in [0.29, 0.717) is 11.0 Å². The molecule has 0 radical (unpaired) electrons. The third-order valence-electron chi connectivity index (χ3n) is 1.79. The maximum absolute atomic E-state index is 13.3. The van der Waals surface area contributed by atoms with Gasteiger partial charge in [-0.2, -0.15) is 0 Å². The van der Waals surface area contributed by atoms with Crippen molar-refractivity contribution in [1.82, 2.24) is 9.88 Å². The number of aromatic nitrogens is 1. The summed E-state index contributed by atoms with van der Waals surface area (Å²) in [5.41, 5.74) is 0. The SMILES string of the molecule is CN(C)C/C=C/C(=O)Nc1ncc(Br)cc1F. The van der Waals surface area contributed by atoms with Crippen molar-refractivity contribution in [3.63, 3.8) is 0 Å². The Morgan fingerprint density at radius 1 is 1.65 bits per heavy atom. The van der Waals surface area contributed by atoms with E-state index < -0.39 is 11.7 Å². The van der Waals surface area contributed by atoms with Crippen LogP contribution < -0.4 is 5.32 Å². The first-order valence-electron chi connectivity index (χ1n) is 4.92. The molecular weight excluding hydrogens is 289 g/mol. The molecule has 0 aliphatic carbocycles. The van der Waals surface area contributed by atoms with Gasteiger partial charge in [0.15, 0.2) is 11.6 Å². The van der Waals surface area contributed by atoms with Gasteiger partial charge in [0.1, 0.15) is 0 Å². The van der Waals surface area contributed by atoms with Gasteiger partial charge in [-0.1, -0.05) is 6.08 Å². The van der Waals surface area contributed by atoms with Crippen LogP contribution in [0.2, 0.25) is 0 Å². The van der Waals surface area contributed by atoms with Crippen molar-refractivity contribution in [2.75, 3.05) is 26.0 Å². The Labute approximate surface area is 108 Å². The largest absolute Gasteiger partial charge is 0.306 e. The van der Waals surface area contributed by atoms with Crippen molar-refractivity contribution >= 4 is 27.7 Å². The van der Waals surface area contributed by atoms with E-state index in [1.54, 1.807) is 6.08 Å². The molecule has 1 amide bonds. The van der Waals surface area contributed by atoms with Crippen LogP contribution in [0.1, 0.15) is 0 Å². The maximum atomic E-state index is 13.3. The zero-order chi connectivity index (χ0) is 12.8. The van der Waals surface area contributed by atoms with Crippen LogP contribution >= 0.6 is 15.9 Å². The van der Waals surface area contributed by atoms with Crippen LogP contribution in [0.15, 0.2) is 28.9 Å². The van der Waals surface area contributed by atoms with Crippen molar-refractivity contribution in [2.24, 2.45) is 0 Å². The van der Waals surface area contributed by atoms with Crippen LogP contribution in [0.25, 0.3) is 0 Å². The third-order valence-corrected chi connectivity index (χ3v) is 2.22. The molecule has 0 unspecified atom stereocenters. The number of hydrogen-bond acceptors (Lipinski definition) is 3. The van der Waals surface area contributed by atoms with E-state index >= 15 is 0 Å². The van der Waals surface area contributed by atoms with Gasteiger partial charge in [-0.15, -0.1) is 0 Å². The number of likely N-dealkylation sites (N-methyl/N-ethyl adjacent to an activating group) is 1. The van der Waals surface area contributed by atoms with Crippen molar-refractivity contribution in [3.8, 4) is 0 Å². The average molecular weight is 302 g/mol. The summed E-state index contributed by atoms with van der Waals surface area (Å²) in [4.78, 5) is 17.1. The number of nitrogens with zero attached hydrogens (tertiary/aromatic N) is 2. The van der Waals surface area contributed by atoms with Crippen molar-refractivity contribution in [3.05, 3.63) is 34.7 Å². The fourth-order valence-electron chi connectivity index (χ4n) is 1.04. The molecule has 1 rings (SSSR count). The van der Waals surface area contributed by atoms with Crippen LogP contribution in [-0.2, 0) is 4.79 Å². The van der Waals surface area contributed by atoms with Crippen LogP contribution in [-0.4, -0.2) is 36.4 Å². The lowest BCUT2D eigenvalue weighted by Crippen LogP contribution is -2.14. The highest BCUT2D eigenvalue weighted by molar-refractivity contribution is 9.10. The zero-order valence-corrected chi connectivity index (χ0v) is 11.2. The monoisotopic (exact) mass is 301 g/mol. The van der Waals surface area contributed by atoms with Gasteiger partial charge in [0.25, 0.3) is 0 Å². The molecule has 0 saturated heterocycles. The van der Waals surface area contributed by atoms with Gasteiger partial charge in [-0.3, -0.25) is 4.79 Å². The number of rotatable bonds is 4. The zero-order valence-electron chi connectivity index (χ0n) is 9.58. The molecule has 0 spiro atoms. The second-order valence-corrected chi connectivity index (χ2v) is 4.55. The normalized spacial score (nSPS) is 11.1. The lowest BCUT2D eigenvalue weighted by Gasteiger charge is -2.04. The third kappa shape index (κ3) is 5.06. The molecule has 0 aliphatic heterocycles. The molecule has 0 fully saturated rings. The second kappa shape index (κ2) is 6.46. The Morgan fingerprint density at radius 3 is 2.94 bits per heavy atom. The second-order valence-electron chi connectivity index (χ2n) is 3.64. The van der Waals surface area contributed by atoms with Gasteiger partial charge in [-0.05, 0) is 36.1 Å². The fraction of sp³-hybridized carbons (Fsp3) is 0.273. The summed E-state index contributed by atoms with van der Waals surface area (Å²) in [7, 11) is 3.77. The van der Waals surface area contributed by atoms with Gasteiger partial charge < -0.3 is 10.2 Å². The number of halogens is 2. The summed E-state index contributed by atoms with van der Waals surface area (Å²) in [6.45, 7) is 0.643. The van der Waals surface area contributed by atoms with E-state index in [0.717, 1.165) is 0 Å². The molecule has 1 N–H and O–H groups in total. The molecule has 0 bridgehead atoms. The minimum atomic E-state index is -0.575. The summed E-state index contributed by atoms with van der Waals surface area (Å²) < 4.78 is 13.8. The molecule has 6 heteroatoms. The Bertz CT molecular complexity index is 435. The quantitative estimate of drug-likeness (QED) is 0.866. The summed E-state index contributed by atoms with van der Waals surface area (Å²) in [6, 6.07) is 1.24. The minimum Gasteiger partial charge on any atom is -0.306 e. The van der Waals surface area contributed by atoms with Crippen molar-refractivity contribution < 1.29 is 9.18 Å². The lowest BCUT2D eigenvalue weighted by atomic mass is 10.4. The summed E-state index contributed by atoms with van der Waals surface area (Å²) in [5.74, 6) is -1.05. The van der Waals surface area contributed by atoms with Gasteiger partial charge >= 0.3 is 0 Å². The Morgan fingerprint density at radius 2 is 2.35 bits per heavy atom. The van der Waals surface area contributed by atoms with Crippen molar-refractivity contribution in [2.45, 2.75) is 0 Å². The maximum Gasteiger partial charge on any atom is 0.249 e. The standard InChI is InChI=1S/C11H13BrFN3O/c1-16(2)5-3-4-10(17)15-11-9(13)6-8(12)7-14-11/h3-4,6-7H,5H2,1-2H3,(H,14,15,17)/b4-3+. The molecule has 0 saturated carbocycles. The average Bonchev–Trinajstić information content (AvgIpc) is 2.21. The van der Waals surface area contributed by atoms with E-state index in [1.807, 2.05) is 19.0 Å². The van der Waals surface area contributed by atoms with Crippen LogP contribution in [0.3, 0.4) is 0 Å². The number of pyridine rings is 1. The molecular formula is C11H13BrFN3O. The smallest absolute Gasteiger partial charge is 0.249 e. The predicted octanol–water partition coefficient (Wildman–Crippen LogP) is 2.04. The van der Waals surface area contributed by atoms with Crippen LogP contribution in [0.5, 0.6) is 0 Å². The van der Waals surface area contributed by atoms with E-state index in [9.17, 15) is 9.18 Å². The molecule has 1 aromatic heterocycles. The number of nitrogens with one attached hydrogen (secondary N) is 1. The molecule has 4 nitrogen and oxygen atoms in total. The van der Waals surface area contributed by atoms with E-state index in [2.05, 4.69) is 26.2 Å². The van der Waals surface area contributed by atoms with Gasteiger partial charge in [0.2, 0.25) is 5.91 Å². The fourth-order valence-corrected chi connectivity index (χ4v) is 1.34. The number of carbonyl (C=O) groups excluding carboxylic acids is 1. The van der Waals surface area contributed by atoms with Gasteiger partial charge in [0.05, 0.1) is 0 Å². The summed E-state index contributed by atoms with van der Waals surface area (Å²) in [5, 5.41) is 2.36. The number of amides is 1. The van der Waals surface area contributed by atoms with E-state index in [4.69, 9.17) is 0 Å². The molecule has 0 aromatic carbocycles. The summed E-state index contributed by atoms with van der Waals surface area (Å²) >= 11 is 3.09. The molecule has 0 atom stereocenters. The number of carbonyl (C=O) groups is 1. The first-order valence-corrected chi connectivity index (χ1v) is 5.71. The number of hydrogen-bond donors (Lipinski definition) is 1. The topological polar surface area (TPSA) is 45.2 Å². The molecule has 17 heavy (non-hydrogen) atoms. The van der Waals surface area contributed by atoms with Crippen molar-refractivity contribution in [1.29, 1.82) is 0 Å². The molecule has 0 aliphatic rings. The highest BCUT2D eigenvalue weighted by Crippen LogP contribution is 2.15. The Kier molecular flexibility index (Phi) is 5.24.